The fourth-order valence-corrected chi connectivity index (χ4v) is 0.318. The molecule has 0 rings (SSSR count). The van der Waals surface area contributed by atoms with Crippen LogP contribution in [0.25, 0.3) is 0 Å². The Kier molecular flexibility index (Phi) is 21.6. The molecule has 0 heterocycles. The Morgan fingerprint density at radius 3 is 2.08 bits per heavy atom. The molecule has 2 nitrogen and oxygen atoms in total. The summed E-state index contributed by atoms with van der Waals surface area (Å²) in [5.41, 5.74) is 0.462. The van der Waals surface area contributed by atoms with Crippen LogP contribution in [0.3, 0.4) is 0 Å². The second-order valence-corrected chi connectivity index (χ2v) is 2.42. The van der Waals surface area contributed by atoms with Gasteiger partial charge in [0.05, 0.1) is 6.61 Å². The summed E-state index contributed by atoms with van der Waals surface area (Å²) < 4.78 is 4.71. The van der Waals surface area contributed by atoms with Crippen molar-refractivity contribution in [1.82, 2.24) is 0 Å². The second-order valence-electron chi connectivity index (χ2n) is 2.42. The molecule has 1 radical (unpaired) electrons. The molecule has 0 aliphatic carbocycles. The molecule has 0 atom stereocenters. The van der Waals surface area contributed by atoms with Crippen molar-refractivity contribution in [3.05, 3.63) is 19.1 Å². The summed E-state index contributed by atoms with van der Waals surface area (Å²) in [6.45, 7) is 13.0. The molecule has 0 N–H and O–H groups in total. The summed E-state index contributed by atoms with van der Waals surface area (Å²) in [5, 5.41) is 0. The van der Waals surface area contributed by atoms with Crippen LogP contribution in [0.1, 0.15) is 33.6 Å². The summed E-state index contributed by atoms with van der Waals surface area (Å²) in [4.78, 5) is 10.6. The van der Waals surface area contributed by atoms with E-state index in [0.717, 1.165) is 12.8 Å². The first-order valence-corrected chi connectivity index (χ1v) is 4.21. The molecular weight excluding hydrogens is 241 g/mol. The summed E-state index contributed by atoms with van der Waals surface area (Å²) in [7, 11) is 0. The Morgan fingerprint density at radius 2 is 1.85 bits per heavy atom. The Hall–Kier alpha value is 0.314. The van der Waals surface area contributed by atoms with Crippen LogP contribution in [0.2, 0.25) is 0 Å². The minimum Gasteiger partial charge on any atom is -0.462 e. The fourth-order valence-electron chi connectivity index (χ4n) is 0.318. The van der Waals surface area contributed by atoms with Gasteiger partial charge in [-0.2, -0.15) is 6.42 Å². The molecular formula is C10H19O2Y-. The van der Waals surface area contributed by atoms with Crippen LogP contribution in [0.15, 0.2) is 12.2 Å². The van der Waals surface area contributed by atoms with Crippen molar-refractivity contribution in [1.29, 1.82) is 0 Å². The summed E-state index contributed by atoms with van der Waals surface area (Å²) in [5.74, 6) is -0.295. The van der Waals surface area contributed by atoms with E-state index in [0.29, 0.717) is 12.2 Å². The summed E-state index contributed by atoms with van der Waals surface area (Å²) >= 11 is 0. The van der Waals surface area contributed by atoms with Crippen molar-refractivity contribution < 1.29 is 42.2 Å². The quantitative estimate of drug-likeness (QED) is 0.443. The third kappa shape index (κ3) is 19.0. The average molecular weight is 260 g/mol. The maximum absolute atomic E-state index is 10.6. The van der Waals surface area contributed by atoms with Gasteiger partial charge in [-0.05, 0) is 13.3 Å². The molecule has 0 unspecified atom stereocenters. The van der Waals surface area contributed by atoms with Crippen LogP contribution >= 0.6 is 0 Å². The first kappa shape index (κ1) is 19.0. The van der Waals surface area contributed by atoms with Crippen molar-refractivity contribution in [2.45, 2.75) is 33.6 Å². The van der Waals surface area contributed by atoms with Crippen LogP contribution in [-0.2, 0) is 42.2 Å². The van der Waals surface area contributed by atoms with Crippen molar-refractivity contribution >= 4 is 5.97 Å². The smallest absolute Gasteiger partial charge is 0.333 e. The topological polar surface area (TPSA) is 26.3 Å². The maximum atomic E-state index is 10.6. The fraction of sp³-hybridized carbons (Fsp3) is 0.600. The Labute approximate surface area is 107 Å². The molecule has 0 bridgehead atoms. The van der Waals surface area contributed by atoms with Crippen molar-refractivity contribution in [3.63, 3.8) is 0 Å². The van der Waals surface area contributed by atoms with E-state index in [2.05, 4.69) is 13.5 Å². The van der Waals surface area contributed by atoms with Crippen LogP contribution in [-0.4, -0.2) is 12.6 Å². The van der Waals surface area contributed by atoms with Crippen LogP contribution < -0.4 is 0 Å². The van der Waals surface area contributed by atoms with Crippen molar-refractivity contribution in [2.24, 2.45) is 0 Å². The first-order valence-electron chi connectivity index (χ1n) is 4.21. The molecule has 0 spiro atoms. The van der Waals surface area contributed by atoms with Gasteiger partial charge in [0.2, 0.25) is 0 Å². The number of ether oxygens (including phenoxy) is 1. The number of rotatable bonds is 3. The number of hydrogen-bond donors (Lipinski definition) is 0. The van der Waals surface area contributed by atoms with Gasteiger partial charge < -0.3 is 11.7 Å². The predicted molar refractivity (Wildman–Crippen MR) is 51.7 cm³/mol. The van der Waals surface area contributed by atoms with Crippen LogP contribution in [0, 0.1) is 6.92 Å². The van der Waals surface area contributed by atoms with Crippen LogP contribution in [0.4, 0.5) is 0 Å². The van der Waals surface area contributed by atoms with E-state index in [9.17, 15) is 4.79 Å². The molecule has 3 heteroatoms. The average Bonchev–Trinajstić information content (AvgIpc) is 2.01. The van der Waals surface area contributed by atoms with Gasteiger partial charge in [-0.15, -0.1) is 0 Å². The normalized spacial score (nSPS) is 7.38. The van der Waals surface area contributed by atoms with E-state index in [-0.39, 0.29) is 38.7 Å². The maximum Gasteiger partial charge on any atom is 0.333 e. The molecule has 13 heavy (non-hydrogen) atoms. The van der Waals surface area contributed by atoms with Gasteiger partial charge in [0.25, 0.3) is 0 Å². The van der Waals surface area contributed by atoms with Gasteiger partial charge in [0.15, 0.2) is 0 Å². The number of esters is 1. The predicted octanol–water partition coefficient (Wildman–Crippen LogP) is 2.74. The van der Waals surface area contributed by atoms with E-state index in [1.165, 1.54) is 0 Å². The first-order chi connectivity index (χ1) is 5.59. The second kappa shape index (κ2) is 14.8. The molecule has 0 aliphatic heterocycles. The zero-order valence-corrected chi connectivity index (χ0v) is 11.8. The van der Waals surface area contributed by atoms with E-state index in [1.54, 1.807) is 6.92 Å². The molecule has 0 aromatic carbocycles. The minimum atomic E-state index is -0.295. The Balaban J connectivity index is -0.000000220. The summed E-state index contributed by atoms with van der Waals surface area (Å²) in [6.07, 6.45) is 1.86. The van der Waals surface area contributed by atoms with Crippen molar-refractivity contribution in [2.75, 3.05) is 6.61 Å². The van der Waals surface area contributed by atoms with E-state index in [4.69, 9.17) is 4.74 Å². The zero-order chi connectivity index (χ0) is 9.98. The minimum absolute atomic E-state index is 0. The number of carbonyl (C=O) groups excluding carboxylic acids is 1. The number of hydrogen-bond acceptors (Lipinski definition) is 2. The zero-order valence-electron chi connectivity index (χ0n) is 8.93. The Morgan fingerprint density at radius 1 is 1.46 bits per heavy atom. The summed E-state index contributed by atoms with van der Waals surface area (Å²) in [6, 6.07) is 0. The van der Waals surface area contributed by atoms with Gasteiger partial charge in [0, 0.05) is 38.3 Å². The third-order valence-electron chi connectivity index (χ3n) is 0.786. The molecule has 0 fully saturated rings. The van der Waals surface area contributed by atoms with Gasteiger partial charge >= 0.3 is 5.97 Å². The standard InChI is InChI=1S/C7H12O2.C3H7.Y/c1-4-5-9-7(8)6(2)3;1-3-2;/h2,4-5H2,1,3H3;1,3H2,2H3;/q;-1;. The van der Waals surface area contributed by atoms with Crippen LogP contribution in [0.5, 0.6) is 0 Å². The van der Waals surface area contributed by atoms with E-state index in [1.807, 2.05) is 13.8 Å². The molecule has 0 aromatic rings. The molecule has 75 valence electrons. The van der Waals surface area contributed by atoms with Crippen molar-refractivity contribution in [3.8, 4) is 0 Å². The molecule has 0 saturated heterocycles. The van der Waals surface area contributed by atoms with E-state index < -0.39 is 0 Å². The monoisotopic (exact) mass is 260 g/mol. The van der Waals surface area contributed by atoms with E-state index >= 15 is 0 Å². The SMILES string of the molecule is C=C(C)C(=O)OCCC.[CH2-]CC.[Y]. The number of carbonyl (C=O) groups is 1. The third-order valence-corrected chi connectivity index (χ3v) is 0.786. The van der Waals surface area contributed by atoms with Gasteiger partial charge in [-0.25, -0.2) is 4.79 Å². The molecule has 0 saturated carbocycles. The molecule has 0 amide bonds. The van der Waals surface area contributed by atoms with Gasteiger partial charge in [-0.1, -0.05) is 20.4 Å². The Bertz CT molecular complexity index is 133. The van der Waals surface area contributed by atoms with Gasteiger partial charge in [0.1, 0.15) is 0 Å². The molecule has 0 aliphatic rings. The largest absolute Gasteiger partial charge is 0.462 e. The van der Waals surface area contributed by atoms with Gasteiger partial charge in [-0.3, -0.25) is 0 Å². The molecule has 0 aromatic heterocycles.